The number of rotatable bonds is 16. The zero-order valence-electron chi connectivity index (χ0n) is 16.4. The van der Waals surface area contributed by atoms with E-state index in [1.165, 1.54) is 89.9 Å². The second-order valence-electron chi connectivity index (χ2n) is 7.31. The summed E-state index contributed by atoms with van der Waals surface area (Å²) in [5.74, 6) is 0.457. The topological polar surface area (TPSA) is 18.5 Å². The molecule has 142 valence electrons. The Morgan fingerprint density at radius 3 is 1.92 bits per heavy atom. The molecule has 1 unspecified atom stereocenters. The summed E-state index contributed by atoms with van der Waals surface area (Å²) in [7, 11) is 0. The average molecular weight is 339 g/mol. The summed E-state index contributed by atoms with van der Waals surface area (Å²) < 4.78 is 11.5. The molecule has 0 saturated carbocycles. The van der Waals surface area contributed by atoms with Crippen molar-refractivity contribution in [2.24, 2.45) is 5.92 Å². The van der Waals surface area contributed by atoms with Crippen molar-refractivity contribution < 1.29 is 9.47 Å². The summed E-state index contributed by atoms with van der Waals surface area (Å²) in [5, 5.41) is 0. The zero-order chi connectivity index (χ0) is 17.3. The smallest absolute Gasteiger partial charge is 0.163 e. The van der Waals surface area contributed by atoms with Gasteiger partial charge in [0.1, 0.15) is 0 Å². The van der Waals surface area contributed by atoms with E-state index in [0.717, 1.165) is 13.2 Å². The lowest BCUT2D eigenvalue weighted by Gasteiger charge is -2.19. The minimum absolute atomic E-state index is 0.0152. The van der Waals surface area contributed by atoms with Crippen LogP contribution < -0.4 is 0 Å². The second kappa shape index (κ2) is 16.1. The number of hydrogen-bond donors (Lipinski definition) is 0. The fourth-order valence-corrected chi connectivity index (χ4v) is 3.42. The van der Waals surface area contributed by atoms with Crippen LogP contribution in [0.15, 0.2) is 12.2 Å². The molecule has 1 atom stereocenters. The van der Waals surface area contributed by atoms with E-state index in [-0.39, 0.29) is 6.29 Å². The molecule has 0 radical (unpaired) electrons. The predicted octanol–water partition coefficient (Wildman–Crippen LogP) is 7.03. The van der Waals surface area contributed by atoms with Crippen molar-refractivity contribution in [3.8, 4) is 0 Å². The van der Waals surface area contributed by atoms with E-state index in [1.54, 1.807) is 0 Å². The number of hydrogen-bond acceptors (Lipinski definition) is 2. The molecule has 0 spiro atoms. The fourth-order valence-electron chi connectivity index (χ4n) is 3.42. The monoisotopic (exact) mass is 338 g/mol. The molecular formula is C22H42O2. The second-order valence-corrected chi connectivity index (χ2v) is 7.31. The summed E-state index contributed by atoms with van der Waals surface area (Å²) >= 11 is 0. The van der Waals surface area contributed by atoms with E-state index in [1.807, 2.05) is 0 Å². The van der Waals surface area contributed by atoms with Gasteiger partial charge in [0.25, 0.3) is 0 Å². The molecule has 0 aromatic rings. The van der Waals surface area contributed by atoms with Crippen LogP contribution in [0.3, 0.4) is 0 Å². The van der Waals surface area contributed by atoms with Crippen molar-refractivity contribution in [1.29, 1.82) is 0 Å². The molecule has 2 nitrogen and oxygen atoms in total. The van der Waals surface area contributed by atoms with Gasteiger partial charge >= 0.3 is 0 Å². The van der Waals surface area contributed by atoms with Gasteiger partial charge in [-0.25, -0.2) is 0 Å². The van der Waals surface area contributed by atoms with Crippen LogP contribution in [0.1, 0.15) is 104 Å². The molecule has 0 aromatic heterocycles. The lowest BCUT2D eigenvalue weighted by Crippen LogP contribution is -2.19. The molecule has 1 heterocycles. The predicted molar refractivity (Wildman–Crippen MR) is 104 cm³/mol. The van der Waals surface area contributed by atoms with Gasteiger partial charge < -0.3 is 9.47 Å². The molecule has 0 aromatic carbocycles. The zero-order valence-corrected chi connectivity index (χ0v) is 16.4. The quantitative estimate of drug-likeness (QED) is 0.222. The third kappa shape index (κ3) is 11.3. The molecule has 1 rings (SSSR count). The van der Waals surface area contributed by atoms with Crippen molar-refractivity contribution >= 4 is 0 Å². The molecule has 0 N–H and O–H groups in total. The van der Waals surface area contributed by atoms with Crippen LogP contribution in [0.4, 0.5) is 0 Å². The van der Waals surface area contributed by atoms with E-state index < -0.39 is 0 Å². The summed E-state index contributed by atoms with van der Waals surface area (Å²) in [5.41, 5.74) is 0. The minimum atomic E-state index is 0.0152. The van der Waals surface area contributed by atoms with Gasteiger partial charge in [0.2, 0.25) is 0 Å². The Morgan fingerprint density at radius 1 is 0.750 bits per heavy atom. The number of allylic oxidation sites excluding steroid dienone is 1. The summed E-state index contributed by atoms with van der Waals surface area (Å²) in [6, 6.07) is 0. The maximum absolute atomic E-state index is 5.76. The molecule has 0 amide bonds. The van der Waals surface area contributed by atoms with E-state index >= 15 is 0 Å². The van der Waals surface area contributed by atoms with Crippen LogP contribution in [0.2, 0.25) is 0 Å². The first-order valence-corrected chi connectivity index (χ1v) is 10.8. The molecule has 1 aliphatic rings. The van der Waals surface area contributed by atoms with Crippen LogP contribution in [-0.2, 0) is 9.47 Å². The third-order valence-corrected chi connectivity index (χ3v) is 5.00. The number of unbranched alkanes of at least 4 members (excludes halogenated alkanes) is 11. The minimum Gasteiger partial charge on any atom is -0.350 e. The molecule has 2 heteroatoms. The van der Waals surface area contributed by atoms with E-state index in [4.69, 9.17) is 9.47 Å². The normalized spacial score (nSPS) is 17.1. The first-order chi connectivity index (χ1) is 11.9. The molecule has 0 bridgehead atoms. The lowest BCUT2D eigenvalue weighted by atomic mass is 9.98. The third-order valence-electron chi connectivity index (χ3n) is 5.00. The van der Waals surface area contributed by atoms with Gasteiger partial charge in [0, 0.05) is 5.92 Å². The van der Waals surface area contributed by atoms with Gasteiger partial charge in [-0.15, -0.1) is 0 Å². The van der Waals surface area contributed by atoms with Crippen molar-refractivity contribution in [2.75, 3.05) is 13.2 Å². The van der Waals surface area contributed by atoms with Crippen LogP contribution in [0, 0.1) is 5.92 Å². The van der Waals surface area contributed by atoms with Gasteiger partial charge in [0.05, 0.1) is 13.2 Å². The van der Waals surface area contributed by atoms with Crippen molar-refractivity contribution in [3.63, 3.8) is 0 Å². The largest absolute Gasteiger partial charge is 0.350 e. The Labute approximate surface area is 151 Å². The van der Waals surface area contributed by atoms with Crippen molar-refractivity contribution in [2.45, 2.75) is 110 Å². The van der Waals surface area contributed by atoms with Crippen molar-refractivity contribution in [3.05, 3.63) is 12.2 Å². The van der Waals surface area contributed by atoms with E-state index in [0.29, 0.717) is 5.92 Å². The summed E-state index contributed by atoms with van der Waals surface area (Å²) in [4.78, 5) is 0. The Kier molecular flexibility index (Phi) is 14.6. The lowest BCUT2D eigenvalue weighted by molar-refractivity contribution is -0.0725. The fraction of sp³-hybridized carbons (Fsp3) is 0.909. The van der Waals surface area contributed by atoms with Gasteiger partial charge in [-0.1, -0.05) is 96.6 Å². The van der Waals surface area contributed by atoms with Crippen LogP contribution in [0.5, 0.6) is 0 Å². The van der Waals surface area contributed by atoms with Crippen molar-refractivity contribution in [1.82, 2.24) is 0 Å². The summed E-state index contributed by atoms with van der Waals surface area (Å²) in [6.45, 7) is 6.08. The molecule has 1 saturated heterocycles. The maximum atomic E-state index is 5.76. The Hall–Kier alpha value is -0.340. The first kappa shape index (κ1) is 21.7. The maximum Gasteiger partial charge on any atom is 0.163 e. The highest BCUT2D eigenvalue weighted by molar-refractivity contribution is 4.91. The van der Waals surface area contributed by atoms with Crippen LogP contribution in [0.25, 0.3) is 0 Å². The van der Waals surface area contributed by atoms with Gasteiger partial charge in [0.15, 0.2) is 6.29 Å². The van der Waals surface area contributed by atoms with E-state index in [9.17, 15) is 0 Å². The van der Waals surface area contributed by atoms with Gasteiger partial charge in [-0.05, 0) is 19.3 Å². The molecule has 1 aliphatic heterocycles. The molecule has 0 aliphatic carbocycles. The highest BCUT2D eigenvalue weighted by Crippen LogP contribution is 2.23. The highest BCUT2D eigenvalue weighted by Gasteiger charge is 2.24. The number of ether oxygens (including phenoxy) is 2. The SMILES string of the molecule is CCCCCCC=CC(CCCCCCCCCC)C1OCCO1. The average Bonchev–Trinajstić information content (AvgIpc) is 3.12. The van der Waals surface area contributed by atoms with Gasteiger partial charge in [-0.3, -0.25) is 0 Å². The van der Waals surface area contributed by atoms with Gasteiger partial charge in [-0.2, -0.15) is 0 Å². The molecule has 24 heavy (non-hydrogen) atoms. The Morgan fingerprint density at radius 2 is 1.29 bits per heavy atom. The Balaban J connectivity index is 2.14. The standard InChI is InChI=1S/C22H42O2/c1-3-5-7-9-11-12-14-16-18-21(22-23-19-20-24-22)17-15-13-10-8-6-4-2/h15,17,21-22H,3-14,16,18-20H2,1-2H3. The summed E-state index contributed by atoms with van der Waals surface area (Å²) in [6.07, 6.45) is 23.6. The van der Waals surface area contributed by atoms with Crippen LogP contribution >= 0.6 is 0 Å². The highest BCUT2D eigenvalue weighted by atomic mass is 16.7. The first-order valence-electron chi connectivity index (χ1n) is 10.8. The molecule has 1 fully saturated rings. The van der Waals surface area contributed by atoms with Crippen LogP contribution in [-0.4, -0.2) is 19.5 Å². The van der Waals surface area contributed by atoms with E-state index in [2.05, 4.69) is 26.0 Å². The molecular weight excluding hydrogens is 296 g/mol. The Bertz CT molecular complexity index is 282.